The molecular weight excluding hydrogens is 200 g/mol. The summed E-state index contributed by atoms with van der Waals surface area (Å²) in [6, 6.07) is 0.583. The third-order valence-corrected chi connectivity index (χ3v) is 3.56. The molecule has 16 heavy (non-hydrogen) atoms. The van der Waals surface area contributed by atoms with Crippen LogP contribution in [0.3, 0.4) is 0 Å². The van der Waals surface area contributed by atoms with Gasteiger partial charge in [0.25, 0.3) is 0 Å². The Morgan fingerprint density at radius 2 is 1.75 bits per heavy atom. The highest BCUT2D eigenvalue weighted by Gasteiger charge is 2.14. The van der Waals surface area contributed by atoms with E-state index in [0.717, 1.165) is 51.2 Å². The van der Waals surface area contributed by atoms with Gasteiger partial charge < -0.3 is 10.1 Å². The molecule has 0 amide bonds. The van der Waals surface area contributed by atoms with E-state index in [9.17, 15) is 0 Å². The van der Waals surface area contributed by atoms with Crippen molar-refractivity contribution in [3.05, 3.63) is 0 Å². The zero-order chi connectivity index (χ0) is 12.0. The van der Waals surface area contributed by atoms with Crippen LogP contribution in [-0.4, -0.2) is 50.3 Å². The fourth-order valence-corrected chi connectivity index (χ4v) is 1.86. The molecule has 1 saturated heterocycles. The largest absolute Gasteiger partial charge is 0.379 e. The summed E-state index contributed by atoms with van der Waals surface area (Å²) >= 11 is 0. The molecule has 1 aliphatic heterocycles. The van der Waals surface area contributed by atoms with Gasteiger partial charge >= 0.3 is 0 Å². The maximum atomic E-state index is 5.35. The van der Waals surface area contributed by atoms with Gasteiger partial charge in [0.05, 0.1) is 13.2 Å². The van der Waals surface area contributed by atoms with Crippen molar-refractivity contribution in [2.24, 2.45) is 11.8 Å². The minimum atomic E-state index is 0.583. The van der Waals surface area contributed by atoms with E-state index < -0.39 is 0 Å². The Balaban J connectivity index is 2.12. The number of ether oxygens (including phenoxy) is 1. The van der Waals surface area contributed by atoms with Gasteiger partial charge in [-0.3, -0.25) is 4.90 Å². The molecule has 1 aliphatic rings. The summed E-state index contributed by atoms with van der Waals surface area (Å²) in [5, 5.41) is 3.63. The lowest BCUT2D eigenvalue weighted by atomic mass is 9.98. The number of nitrogens with zero attached hydrogens (tertiary/aromatic N) is 1. The van der Waals surface area contributed by atoms with Gasteiger partial charge in [-0.2, -0.15) is 0 Å². The molecule has 3 nitrogen and oxygen atoms in total. The highest BCUT2D eigenvalue weighted by molar-refractivity contribution is 4.71. The molecule has 1 N–H and O–H groups in total. The number of rotatable bonds is 6. The Kier molecular flexibility index (Phi) is 6.32. The van der Waals surface area contributed by atoms with Crippen LogP contribution in [0.5, 0.6) is 0 Å². The lowest BCUT2D eigenvalue weighted by Crippen LogP contribution is -2.45. The molecule has 2 atom stereocenters. The summed E-state index contributed by atoms with van der Waals surface area (Å²) in [6.07, 6.45) is 0. The summed E-state index contributed by atoms with van der Waals surface area (Å²) < 4.78 is 5.35. The molecule has 0 aromatic carbocycles. The van der Waals surface area contributed by atoms with E-state index in [1.54, 1.807) is 0 Å². The fourth-order valence-electron chi connectivity index (χ4n) is 1.86. The van der Waals surface area contributed by atoms with Crippen molar-refractivity contribution in [1.82, 2.24) is 10.2 Å². The number of nitrogens with one attached hydrogen (secondary N) is 1. The van der Waals surface area contributed by atoms with Gasteiger partial charge in [-0.25, -0.2) is 0 Å². The molecule has 0 aromatic rings. The molecule has 1 fully saturated rings. The lowest BCUT2D eigenvalue weighted by Gasteiger charge is -2.30. The molecule has 0 aliphatic carbocycles. The molecule has 2 unspecified atom stereocenters. The quantitative estimate of drug-likeness (QED) is 0.747. The standard InChI is InChI=1S/C13H28N2O/c1-11(2)12(3)9-14-13(4)10-15-5-7-16-8-6-15/h11-14H,5-10H2,1-4H3. The molecular formula is C13H28N2O. The van der Waals surface area contributed by atoms with E-state index in [0.29, 0.717) is 6.04 Å². The first-order chi connectivity index (χ1) is 7.59. The minimum absolute atomic E-state index is 0.583. The SMILES string of the molecule is CC(CN1CCOCC1)NCC(C)C(C)C. The molecule has 3 heteroatoms. The van der Waals surface area contributed by atoms with Gasteiger partial charge in [-0.05, 0) is 25.3 Å². The Labute approximate surface area is 101 Å². The predicted octanol–water partition coefficient (Wildman–Crippen LogP) is 1.59. The predicted molar refractivity (Wildman–Crippen MR) is 68.7 cm³/mol. The van der Waals surface area contributed by atoms with Crippen molar-refractivity contribution in [2.75, 3.05) is 39.4 Å². The summed E-state index contributed by atoms with van der Waals surface area (Å²) in [4.78, 5) is 2.49. The topological polar surface area (TPSA) is 24.5 Å². The first kappa shape index (κ1) is 13.9. The smallest absolute Gasteiger partial charge is 0.0594 e. The van der Waals surface area contributed by atoms with Crippen molar-refractivity contribution in [2.45, 2.75) is 33.7 Å². The van der Waals surface area contributed by atoms with Crippen LogP contribution >= 0.6 is 0 Å². The van der Waals surface area contributed by atoms with Crippen LogP contribution in [0.2, 0.25) is 0 Å². The van der Waals surface area contributed by atoms with E-state index in [-0.39, 0.29) is 0 Å². The van der Waals surface area contributed by atoms with E-state index in [1.165, 1.54) is 0 Å². The molecule has 1 heterocycles. The first-order valence-corrected chi connectivity index (χ1v) is 6.63. The lowest BCUT2D eigenvalue weighted by molar-refractivity contribution is 0.0342. The highest BCUT2D eigenvalue weighted by Crippen LogP contribution is 2.08. The molecule has 0 saturated carbocycles. The molecule has 1 rings (SSSR count). The summed E-state index contributed by atoms with van der Waals surface area (Å²) in [7, 11) is 0. The van der Waals surface area contributed by atoms with Crippen LogP contribution in [0.4, 0.5) is 0 Å². The number of hydrogen-bond donors (Lipinski definition) is 1. The van der Waals surface area contributed by atoms with Crippen molar-refractivity contribution in [3.63, 3.8) is 0 Å². The van der Waals surface area contributed by atoms with Crippen LogP contribution in [0.15, 0.2) is 0 Å². The Morgan fingerprint density at radius 1 is 1.12 bits per heavy atom. The zero-order valence-corrected chi connectivity index (χ0v) is 11.3. The van der Waals surface area contributed by atoms with Gasteiger partial charge in [0.15, 0.2) is 0 Å². The first-order valence-electron chi connectivity index (χ1n) is 6.63. The van der Waals surface area contributed by atoms with Crippen LogP contribution in [0.25, 0.3) is 0 Å². The monoisotopic (exact) mass is 228 g/mol. The summed E-state index contributed by atoms with van der Waals surface area (Å²) in [5.74, 6) is 1.52. The van der Waals surface area contributed by atoms with E-state index >= 15 is 0 Å². The Morgan fingerprint density at radius 3 is 2.31 bits per heavy atom. The van der Waals surface area contributed by atoms with Crippen molar-refractivity contribution < 1.29 is 4.74 Å². The summed E-state index contributed by atoms with van der Waals surface area (Å²) in [6.45, 7) is 15.4. The molecule has 0 spiro atoms. The highest BCUT2D eigenvalue weighted by atomic mass is 16.5. The third-order valence-electron chi connectivity index (χ3n) is 3.56. The van der Waals surface area contributed by atoms with Gasteiger partial charge in [0.1, 0.15) is 0 Å². The third kappa shape index (κ3) is 5.28. The van der Waals surface area contributed by atoms with Gasteiger partial charge in [-0.15, -0.1) is 0 Å². The molecule has 96 valence electrons. The van der Waals surface area contributed by atoms with Crippen molar-refractivity contribution in [3.8, 4) is 0 Å². The van der Waals surface area contributed by atoms with E-state index in [2.05, 4.69) is 37.9 Å². The second kappa shape index (κ2) is 7.25. The van der Waals surface area contributed by atoms with Gasteiger partial charge in [-0.1, -0.05) is 20.8 Å². The molecule has 0 radical (unpaired) electrons. The normalized spacial score (nSPS) is 22.3. The average molecular weight is 228 g/mol. The molecule has 0 bridgehead atoms. The maximum Gasteiger partial charge on any atom is 0.0594 e. The van der Waals surface area contributed by atoms with E-state index in [1.807, 2.05) is 0 Å². The average Bonchev–Trinajstić information content (AvgIpc) is 2.27. The van der Waals surface area contributed by atoms with Crippen LogP contribution in [0, 0.1) is 11.8 Å². The number of morpholine rings is 1. The van der Waals surface area contributed by atoms with Crippen molar-refractivity contribution in [1.29, 1.82) is 0 Å². The van der Waals surface area contributed by atoms with Crippen LogP contribution in [0.1, 0.15) is 27.7 Å². The number of hydrogen-bond acceptors (Lipinski definition) is 3. The van der Waals surface area contributed by atoms with Gasteiger partial charge in [0.2, 0.25) is 0 Å². The van der Waals surface area contributed by atoms with E-state index in [4.69, 9.17) is 4.74 Å². The van der Waals surface area contributed by atoms with Crippen molar-refractivity contribution >= 4 is 0 Å². The second-order valence-corrected chi connectivity index (χ2v) is 5.44. The Bertz CT molecular complexity index is 179. The molecule has 0 aromatic heterocycles. The van der Waals surface area contributed by atoms with Crippen LogP contribution < -0.4 is 5.32 Å². The fraction of sp³-hybridized carbons (Fsp3) is 1.00. The van der Waals surface area contributed by atoms with Crippen LogP contribution in [-0.2, 0) is 4.74 Å². The Hall–Kier alpha value is -0.120. The van der Waals surface area contributed by atoms with Gasteiger partial charge in [0, 0.05) is 25.7 Å². The minimum Gasteiger partial charge on any atom is -0.379 e. The maximum absolute atomic E-state index is 5.35. The zero-order valence-electron chi connectivity index (χ0n) is 11.3. The summed E-state index contributed by atoms with van der Waals surface area (Å²) in [5.41, 5.74) is 0. The second-order valence-electron chi connectivity index (χ2n) is 5.44.